The van der Waals surface area contributed by atoms with Crippen molar-refractivity contribution in [3.8, 4) is 0 Å². The first kappa shape index (κ1) is 19.5. The molecular formula is C21H27N5O3. The number of carbonyl (C=O) groups excluding carboxylic acids is 2. The van der Waals surface area contributed by atoms with Gasteiger partial charge in [-0.15, -0.1) is 0 Å². The van der Waals surface area contributed by atoms with Crippen LogP contribution < -0.4 is 5.32 Å². The number of nitrogens with one attached hydrogen (secondary N) is 1. The van der Waals surface area contributed by atoms with E-state index in [9.17, 15) is 9.59 Å². The summed E-state index contributed by atoms with van der Waals surface area (Å²) < 4.78 is 5.57. The predicted octanol–water partition coefficient (Wildman–Crippen LogP) is 2.03. The summed E-state index contributed by atoms with van der Waals surface area (Å²) in [5, 5.41) is 7.10. The zero-order valence-corrected chi connectivity index (χ0v) is 17.3. The van der Waals surface area contributed by atoms with Crippen LogP contribution in [0.4, 0.5) is 0 Å². The van der Waals surface area contributed by atoms with Crippen molar-refractivity contribution in [3.63, 3.8) is 0 Å². The summed E-state index contributed by atoms with van der Waals surface area (Å²) in [6.45, 7) is 8.68. The standard InChI is InChI=1S/C21H27N5O3/c1-12(2)19(28)26-10-15-8-16(24-18(27)17-7-5-6-13(3)22-17)9-21(15,11-26)20-23-14(4)25-29-20/h5-7,12,15-16H,8-11H2,1-4H3,(H,24,27)/t15?,16-,21+/m1/s1. The van der Waals surface area contributed by atoms with E-state index in [1.54, 1.807) is 13.0 Å². The van der Waals surface area contributed by atoms with Gasteiger partial charge in [-0.2, -0.15) is 4.98 Å². The van der Waals surface area contributed by atoms with Gasteiger partial charge in [0.15, 0.2) is 5.82 Å². The summed E-state index contributed by atoms with van der Waals surface area (Å²) in [5.41, 5.74) is 0.812. The number of hydrogen-bond acceptors (Lipinski definition) is 6. The minimum absolute atomic E-state index is 0.0293. The van der Waals surface area contributed by atoms with E-state index in [4.69, 9.17) is 4.52 Å². The van der Waals surface area contributed by atoms with E-state index in [0.717, 1.165) is 12.1 Å². The Kier molecular flexibility index (Phi) is 4.88. The fraction of sp³-hybridized carbons (Fsp3) is 0.571. The van der Waals surface area contributed by atoms with Crippen LogP contribution in [-0.4, -0.2) is 51.0 Å². The molecule has 1 saturated carbocycles. The van der Waals surface area contributed by atoms with Gasteiger partial charge in [0.25, 0.3) is 5.91 Å². The Morgan fingerprint density at radius 1 is 1.28 bits per heavy atom. The highest BCUT2D eigenvalue weighted by molar-refractivity contribution is 5.92. The molecule has 1 unspecified atom stereocenters. The molecule has 8 heteroatoms. The molecule has 3 atom stereocenters. The maximum atomic E-state index is 12.7. The summed E-state index contributed by atoms with van der Waals surface area (Å²) in [5.74, 6) is 1.23. The van der Waals surface area contributed by atoms with Gasteiger partial charge in [0, 0.05) is 30.7 Å². The molecule has 1 aliphatic heterocycles. The Morgan fingerprint density at radius 3 is 2.72 bits per heavy atom. The van der Waals surface area contributed by atoms with Crippen molar-refractivity contribution in [1.29, 1.82) is 0 Å². The van der Waals surface area contributed by atoms with Gasteiger partial charge in [0.05, 0.1) is 5.41 Å². The highest BCUT2D eigenvalue weighted by Gasteiger charge is 2.58. The average Bonchev–Trinajstić information content (AvgIpc) is 3.33. The van der Waals surface area contributed by atoms with E-state index in [-0.39, 0.29) is 29.7 Å². The molecule has 1 N–H and O–H groups in total. The number of rotatable bonds is 4. The van der Waals surface area contributed by atoms with Crippen LogP contribution in [0.3, 0.4) is 0 Å². The van der Waals surface area contributed by atoms with E-state index in [0.29, 0.717) is 36.9 Å². The van der Waals surface area contributed by atoms with Gasteiger partial charge in [0.1, 0.15) is 5.69 Å². The number of carbonyl (C=O) groups is 2. The van der Waals surface area contributed by atoms with E-state index in [2.05, 4.69) is 20.4 Å². The number of amides is 2. The van der Waals surface area contributed by atoms with Gasteiger partial charge in [-0.25, -0.2) is 4.98 Å². The fourth-order valence-electron chi connectivity index (χ4n) is 4.77. The number of nitrogens with zero attached hydrogens (tertiary/aromatic N) is 4. The number of aromatic nitrogens is 3. The van der Waals surface area contributed by atoms with Crippen molar-refractivity contribution < 1.29 is 14.1 Å². The van der Waals surface area contributed by atoms with Crippen LogP contribution in [0, 0.1) is 25.7 Å². The molecule has 2 fully saturated rings. The lowest BCUT2D eigenvalue weighted by atomic mass is 9.80. The van der Waals surface area contributed by atoms with Crippen molar-refractivity contribution in [2.24, 2.45) is 11.8 Å². The zero-order chi connectivity index (χ0) is 20.8. The monoisotopic (exact) mass is 397 g/mol. The first-order valence-electron chi connectivity index (χ1n) is 10.1. The fourth-order valence-corrected chi connectivity index (χ4v) is 4.77. The maximum absolute atomic E-state index is 12.7. The molecule has 0 aromatic carbocycles. The highest BCUT2D eigenvalue weighted by atomic mass is 16.5. The molecule has 2 aromatic heterocycles. The molecule has 154 valence electrons. The van der Waals surface area contributed by atoms with Crippen molar-refractivity contribution in [1.82, 2.24) is 25.3 Å². The smallest absolute Gasteiger partial charge is 0.270 e. The molecule has 2 amide bonds. The third kappa shape index (κ3) is 3.52. The lowest BCUT2D eigenvalue weighted by molar-refractivity contribution is -0.133. The van der Waals surface area contributed by atoms with Crippen molar-refractivity contribution in [2.75, 3.05) is 13.1 Å². The molecule has 8 nitrogen and oxygen atoms in total. The van der Waals surface area contributed by atoms with Gasteiger partial charge < -0.3 is 14.7 Å². The first-order chi connectivity index (χ1) is 13.8. The Bertz CT molecular complexity index is 940. The Hall–Kier alpha value is -2.77. The number of aryl methyl sites for hydroxylation is 2. The third-order valence-corrected chi connectivity index (χ3v) is 6.09. The lowest BCUT2D eigenvalue weighted by Gasteiger charge is -2.26. The molecule has 0 spiro atoms. The second-order valence-corrected chi connectivity index (χ2v) is 8.65. The number of likely N-dealkylation sites (tertiary alicyclic amines) is 1. The molecule has 1 saturated heterocycles. The molecule has 4 rings (SSSR count). The van der Waals surface area contributed by atoms with Gasteiger partial charge in [-0.05, 0) is 44.7 Å². The van der Waals surface area contributed by atoms with E-state index in [1.807, 2.05) is 37.8 Å². The number of hydrogen-bond donors (Lipinski definition) is 1. The minimum atomic E-state index is -0.413. The van der Waals surface area contributed by atoms with Crippen LogP contribution in [-0.2, 0) is 10.2 Å². The SMILES string of the molecule is Cc1cccc(C(=O)N[C@@H]2CC3CN(C(=O)C(C)C)C[C@@]3(c3nc(C)no3)C2)n1. The van der Waals surface area contributed by atoms with Crippen LogP contribution >= 0.6 is 0 Å². The van der Waals surface area contributed by atoms with Gasteiger partial charge in [-0.3, -0.25) is 9.59 Å². The summed E-state index contributed by atoms with van der Waals surface area (Å²) in [6, 6.07) is 5.39. The molecule has 0 bridgehead atoms. The molecule has 2 aliphatic rings. The summed E-state index contributed by atoms with van der Waals surface area (Å²) in [6.07, 6.45) is 1.43. The van der Waals surface area contributed by atoms with Gasteiger partial charge in [0.2, 0.25) is 11.8 Å². The third-order valence-electron chi connectivity index (χ3n) is 6.09. The lowest BCUT2D eigenvalue weighted by Crippen LogP contribution is -2.40. The molecular weight excluding hydrogens is 370 g/mol. The Balaban J connectivity index is 1.56. The van der Waals surface area contributed by atoms with Gasteiger partial charge in [-0.1, -0.05) is 25.1 Å². The largest absolute Gasteiger partial charge is 0.348 e. The van der Waals surface area contributed by atoms with Crippen LogP contribution in [0.15, 0.2) is 22.7 Å². The molecule has 3 heterocycles. The summed E-state index contributed by atoms with van der Waals surface area (Å²) in [7, 11) is 0. The second-order valence-electron chi connectivity index (χ2n) is 8.65. The molecule has 1 aliphatic carbocycles. The zero-order valence-electron chi connectivity index (χ0n) is 17.3. The Morgan fingerprint density at radius 2 is 2.07 bits per heavy atom. The maximum Gasteiger partial charge on any atom is 0.270 e. The quantitative estimate of drug-likeness (QED) is 0.847. The molecule has 2 aromatic rings. The van der Waals surface area contributed by atoms with Gasteiger partial charge >= 0.3 is 0 Å². The topological polar surface area (TPSA) is 101 Å². The molecule has 29 heavy (non-hydrogen) atoms. The van der Waals surface area contributed by atoms with Crippen molar-refractivity contribution >= 4 is 11.8 Å². The van der Waals surface area contributed by atoms with E-state index in [1.165, 1.54) is 0 Å². The van der Waals surface area contributed by atoms with Crippen LogP contribution in [0.25, 0.3) is 0 Å². The van der Waals surface area contributed by atoms with Crippen LogP contribution in [0.5, 0.6) is 0 Å². The summed E-state index contributed by atoms with van der Waals surface area (Å²) in [4.78, 5) is 36.0. The van der Waals surface area contributed by atoms with Crippen LogP contribution in [0.2, 0.25) is 0 Å². The van der Waals surface area contributed by atoms with Crippen molar-refractivity contribution in [2.45, 2.75) is 52.0 Å². The van der Waals surface area contributed by atoms with E-state index < -0.39 is 5.41 Å². The number of pyridine rings is 1. The Labute approximate surface area is 170 Å². The first-order valence-corrected chi connectivity index (χ1v) is 10.1. The van der Waals surface area contributed by atoms with Crippen LogP contribution in [0.1, 0.15) is 54.6 Å². The predicted molar refractivity (Wildman–Crippen MR) is 105 cm³/mol. The average molecular weight is 397 g/mol. The van der Waals surface area contributed by atoms with E-state index >= 15 is 0 Å². The number of fused-ring (bicyclic) bond motifs is 1. The summed E-state index contributed by atoms with van der Waals surface area (Å²) >= 11 is 0. The van der Waals surface area contributed by atoms with Crippen molar-refractivity contribution in [3.05, 3.63) is 41.3 Å². The normalized spacial score (nSPS) is 26.0. The minimum Gasteiger partial charge on any atom is -0.348 e. The highest BCUT2D eigenvalue weighted by Crippen LogP contribution is 2.50. The molecule has 0 radical (unpaired) electrons. The second kappa shape index (κ2) is 7.24.